The standard InChI is InChI=1S/C15H19NO4/c1-3-10-20-16-13-7-5-6-12(15(18)19-4-2)11(13)8-9-14(16)17/h5-7H,3-4,8-10H2,1-2H3. The van der Waals surface area contributed by atoms with Crippen LogP contribution < -0.4 is 5.06 Å². The normalized spacial score (nSPS) is 14.1. The molecule has 0 atom stereocenters. The van der Waals surface area contributed by atoms with Crippen LogP contribution in [-0.4, -0.2) is 25.1 Å². The van der Waals surface area contributed by atoms with Crippen LogP contribution in [0.4, 0.5) is 5.69 Å². The first-order valence-corrected chi connectivity index (χ1v) is 6.93. The smallest absolute Gasteiger partial charge is 0.338 e. The topological polar surface area (TPSA) is 55.8 Å². The molecule has 1 aromatic rings. The van der Waals surface area contributed by atoms with Crippen molar-refractivity contribution in [3.8, 4) is 0 Å². The van der Waals surface area contributed by atoms with Crippen molar-refractivity contribution in [2.45, 2.75) is 33.1 Å². The molecule has 108 valence electrons. The van der Waals surface area contributed by atoms with Crippen LogP contribution in [0.3, 0.4) is 0 Å². The minimum Gasteiger partial charge on any atom is -0.462 e. The number of fused-ring (bicyclic) bond motifs is 1. The molecule has 1 aromatic carbocycles. The number of carbonyl (C=O) groups is 2. The van der Waals surface area contributed by atoms with Gasteiger partial charge < -0.3 is 4.74 Å². The Morgan fingerprint density at radius 1 is 1.30 bits per heavy atom. The maximum absolute atomic E-state index is 12.0. The van der Waals surface area contributed by atoms with Gasteiger partial charge in [-0.3, -0.25) is 9.63 Å². The van der Waals surface area contributed by atoms with Crippen LogP contribution in [0.1, 0.15) is 42.6 Å². The van der Waals surface area contributed by atoms with Crippen LogP contribution >= 0.6 is 0 Å². The number of carbonyl (C=O) groups excluding carboxylic acids is 2. The molecule has 2 rings (SSSR count). The van der Waals surface area contributed by atoms with E-state index in [1.54, 1.807) is 25.1 Å². The number of rotatable bonds is 5. The summed E-state index contributed by atoms with van der Waals surface area (Å²) < 4.78 is 5.05. The fourth-order valence-electron chi connectivity index (χ4n) is 2.22. The Balaban J connectivity index is 2.35. The quantitative estimate of drug-likeness (QED) is 0.776. The molecule has 5 heteroatoms. The summed E-state index contributed by atoms with van der Waals surface area (Å²) in [5.74, 6) is -0.430. The highest BCUT2D eigenvalue weighted by Gasteiger charge is 2.28. The molecule has 0 unspecified atom stereocenters. The third-order valence-electron chi connectivity index (χ3n) is 3.11. The summed E-state index contributed by atoms with van der Waals surface area (Å²) in [5, 5.41) is 1.31. The SMILES string of the molecule is CCCON1C(=O)CCc2c(C(=O)OCC)cccc21. The Morgan fingerprint density at radius 2 is 2.10 bits per heavy atom. The van der Waals surface area contributed by atoms with E-state index in [0.717, 1.165) is 12.0 Å². The maximum Gasteiger partial charge on any atom is 0.338 e. The van der Waals surface area contributed by atoms with Gasteiger partial charge >= 0.3 is 5.97 Å². The Morgan fingerprint density at radius 3 is 2.80 bits per heavy atom. The average molecular weight is 277 g/mol. The number of nitrogens with zero attached hydrogens (tertiary/aromatic N) is 1. The number of benzene rings is 1. The van der Waals surface area contributed by atoms with Gasteiger partial charge in [-0.15, -0.1) is 0 Å². The van der Waals surface area contributed by atoms with E-state index < -0.39 is 0 Å². The Hall–Kier alpha value is -1.88. The summed E-state index contributed by atoms with van der Waals surface area (Å²) >= 11 is 0. The fourth-order valence-corrected chi connectivity index (χ4v) is 2.22. The van der Waals surface area contributed by atoms with Crippen molar-refractivity contribution in [1.82, 2.24) is 0 Å². The number of esters is 1. The van der Waals surface area contributed by atoms with Gasteiger partial charge in [0.25, 0.3) is 5.91 Å². The zero-order valence-electron chi connectivity index (χ0n) is 11.8. The van der Waals surface area contributed by atoms with Crippen LogP contribution in [0.5, 0.6) is 0 Å². The third-order valence-corrected chi connectivity index (χ3v) is 3.11. The number of ether oxygens (including phenoxy) is 1. The Labute approximate surface area is 118 Å². The van der Waals surface area contributed by atoms with Gasteiger partial charge in [0.2, 0.25) is 0 Å². The first-order valence-electron chi connectivity index (χ1n) is 6.93. The molecule has 0 spiro atoms. The molecule has 1 amide bonds. The predicted octanol–water partition coefficient (Wildman–Crippen LogP) is 2.48. The summed E-state index contributed by atoms with van der Waals surface area (Å²) in [5.41, 5.74) is 1.99. The van der Waals surface area contributed by atoms with Crippen molar-refractivity contribution in [3.63, 3.8) is 0 Å². The number of amides is 1. The van der Waals surface area contributed by atoms with Gasteiger partial charge in [0.05, 0.1) is 24.5 Å². The van der Waals surface area contributed by atoms with E-state index in [-0.39, 0.29) is 11.9 Å². The molecular formula is C15H19NO4. The van der Waals surface area contributed by atoms with Gasteiger partial charge in [0.1, 0.15) is 0 Å². The predicted molar refractivity (Wildman–Crippen MR) is 74.4 cm³/mol. The number of hydroxylamine groups is 1. The largest absolute Gasteiger partial charge is 0.462 e. The highest BCUT2D eigenvalue weighted by molar-refractivity contribution is 5.99. The second kappa shape index (κ2) is 6.52. The molecule has 0 N–H and O–H groups in total. The third kappa shape index (κ3) is 2.82. The van der Waals surface area contributed by atoms with Crippen LogP contribution in [0.15, 0.2) is 18.2 Å². The molecule has 1 heterocycles. The molecular weight excluding hydrogens is 258 g/mol. The summed E-state index contributed by atoms with van der Waals surface area (Å²) in [6.45, 7) is 4.55. The second-order valence-corrected chi connectivity index (χ2v) is 4.55. The van der Waals surface area contributed by atoms with E-state index in [2.05, 4.69) is 0 Å². The lowest BCUT2D eigenvalue weighted by Crippen LogP contribution is -2.36. The lowest BCUT2D eigenvalue weighted by atomic mass is 9.97. The lowest BCUT2D eigenvalue weighted by molar-refractivity contribution is -0.126. The van der Waals surface area contributed by atoms with Crippen LogP contribution in [0, 0.1) is 0 Å². The van der Waals surface area contributed by atoms with E-state index in [4.69, 9.17) is 9.57 Å². The molecule has 0 saturated carbocycles. The molecule has 0 aliphatic carbocycles. The first-order chi connectivity index (χ1) is 9.69. The van der Waals surface area contributed by atoms with Crippen molar-refractivity contribution in [1.29, 1.82) is 0 Å². The molecule has 1 aliphatic heterocycles. The monoisotopic (exact) mass is 277 g/mol. The van der Waals surface area contributed by atoms with E-state index >= 15 is 0 Å². The average Bonchev–Trinajstić information content (AvgIpc) is 2.45. The Kier molecular flexibility index (Phi) is 4.74. The van der Waals surface area contributed by atoms with Crippen molar-refractivity contribution >= 4 is 17.6 Å². The van der Waals surface area contributed by atoms with Crippen LogP contribution in [0.2, 0.25) is 0 Å². The number of anilines is 1. The fraction of sp³-hybridized carbons (Fsp3) is 0.467. The molecule has 0 aromatic heterocycles. The number of hydrogen-bond donors (Lipinski definition) is 0. The summed E-state index contributed by atoms with van der Waals surface area (Å²) in [4.78, 5) is 29.4. The summed E-state index contributed by atoms with van der Waals surface area (Å²) in [6.07, 6.45) is 1.69. The van der Waals surface area contributed by atoms with E-state index in [0.29, 0.717) is 37.3 Å². The maximum atomic E-state index is 12.0. The van der Waals surface area contributed by atoms with Gasteiger partial charge in [0.15, 0.2) is 0 Å². The Bertz CT molecular complexity index is 513. The van der Waals surface area contributed by atoms with Crippen LogP contribution in [-0.2, 0) is 20.8 Å². The molecule has 0 radical (unpaired) electrons. The van der Waals surface area contributed by atoms with Crippen molar-refractivity contribution in [2.24, 2.45) is 0 Å². The van der Waals surface area contributed by atoms with E-state index in [1.807, 2.05) is 6.92 Å². The zero-order valence-corrected chi connectivity index (χ0v) is 11.8. The van der Waals surface area contributed by atoms with Crippen molar-refractivity contribution in [3.05, 3.63) is 29.3 Å². The molecule has 0 saturated heterocycles. The van der Waals surface area contributed by atoms with Gasteiger partial charge in [-0.2, -0.15) is 5.06 Å². The van der Waals surface area contributed by atoms with E-state index in [1.165, 1.54) is 5.06 Å². The van der Waals surface area contributed by atoms with Crippen molar-refractivity contribution in [2.75, 3.05) is 18.3 Å². The van der Waals surface area contributed by atoms with Gasteiger partial charge in [-0.1, -0.05) is 13.0 Å². The second-order valence-electron chi connectivity index (χ2n) is 4.55. The summed E-state index contributed by atoms with van der Waals surface area (Å²) in [6, 6.07) is 5.27. The molecule has 5 nitrogen and oxygen atoms in total. The minimum absolute atomic E-state index is 0.0769. The minimum atomic E-state index is -0.353. The zero-order chi connectivity index (χ0) is 14.5. The van der Waals surface area contributed by atoms with Gasteiger partial charge in [0, 0.05) is 6.42 Å². The summed E-state index contributed by atoms with van der Waals surface area (Å²) in [7, 11) is 0. The molecule has 0 bridgehead atoms. The lowest BCUT2D eigenvalue weighted by Gasteiger charge is -2.29. The van der Waals surface area contributed by atoms with Crippen molar-refractivity contribution < 1.29 is 19.2 Å². The van der Waals surface area contributed by atoms with Crippen LogP contribution in [0.25, 0.3) is 0 Å². The van der Waals surface area contributed by atoms with Gasteiger partial charge in [-0.25, -0.2) is 4.79 Å². The highest BCUT2D eigenvalue weighted by Crippen LogP contribution is 2.31. The molecule has 0 fully saturated rings. The van der Waals surface area contributed by atoms with E-state index in [9.17, 15) is 9.59 Å². The highest BCUT2D eigenvalue weighted by atomic mass is 16.7. The number of hydrogen-bond acceptors (Lipinski definition) is 4. The molecule has 20 heavy (non-hydrogen) atoms. The first kappa shape index (κ1) is 14.5. The molecule has 1 aliphatic rings. The van der Waals surface area contributed by atoms with Gasteiger partial charge in [-0.05, 0) is 37.5 Å².